The van der Waals surface area contributed by atoms with E-state index in [0.717, 1.165) is 17.5 Å². The third kappa shape index (κ3) is 6.33. The number of carbonyl (C=O) groups excluding carboxylic acids is 2. The van der Waals surface area contributed by atoms with E-state index in [4.69, 9.17) is 27.9 Å². The van der Waals surface area contributed by atoms with Crippen molar-refractivity contribution in [1.82, 2.24) is 5.43 Å². The lowest BCUT2D eigenvalue weighted by molar-refractivity contribution is -0.136. The highest BCUT2D eigenvalue weighted by molar-refractivity contribution is 6.39. The van der Waals surface area contributed by atoms with E-state index in [1.54, 1.807) is 48.5 Å². The van der Waals surface area contributed by atoms with Crippen LogP contribution in [0.5, 0.6) is 5.75 Å². The molecule has 0 atom stereocenters. The topological polar surface area (TPSA) is 79.8 Å². The molecule has 32 heavy (non-hydrogen) atoms. The van der Waals surface area contributed by atoms with Crippen LogP contribution in [0.3, 0.4) is 0 Å². The zero-order valence-electron chi connectivity index (χ0n) is 17.3. The van der Waals surface area contributed by atoms with Crippen LogP contribution in [0.25, 0.3) is 0 Å². The van der Waals surface area contributed by atoms with E-state index in [0.29, 0.717) is 27.0 Å². The minimum atomic E-state index is -0.876. The lowest BCUT2D eigenvalue weighted by atomic mass is 10.1. The zero-order valence-corrected chi connectivity index (χ0v) is 18.8. The van der Waals surface area contributed by atoms with Gasteiger partial charge in [-0.15, -0.1) is 0 Å². The van der Waals surface area contributed by atoms with Crippen molar-refractivity contribution in [3.63, 3.8) is 0 Å². The van der Waals surface area contributed by atoms with Crippen LogP contribution in [0.1, 0.15) is 23.6 Å². The first-order valence-corrected chi connectivity index (χ1v) is 10.6. The first-order chi connectivity index (χ1) is 15.5. The number of amides is 2. The Morgan fingerprint density at radius 3 is 2.50 bits per heavy atom. The molecule has 3 rings (SSSR count). The summed E-state index contributed by atoms with van der Waals surface area (Å²) in [7, 11) is 0. The van der Waals surface area contributed by atoms with Crippen molar-refractivity contribution in [2.45, 2.75) is 20.0 Å². The molecule has 0 bridgehead atoms. The van der Waals surface area contributed by atoms with Crippen LogP contribution >= 0.6 is 23.2 Å². The fourth-order valence-corrected chi connectivity index (χ4v) is 3.32. The largest absolute Gasteiger partial charge is 0.488 e. The molecule has 0 aliphatic heterocycles. The fourth-order valence-electron chi connectivity index (χ4n) is 2.85. The highest BCUT2D eigenvalue weighted by Crippen LogP contribution is 2.24. The molecule has 6 nitrogen and oxygen atoms in total. The molecule has 3 aromatic carbocycles. The van der Waals surface area contributed by atoms with Crippen molar-refractivity contribution >= 4 is 46.9 Å². The molecule has 164 valence electrons. The second-order valence-corrected chi connectivity index (χ2v) is 7.57. The predicted octanol–water partition coefficient (Wildman–Crippen LogP) is 5.22. The molecule has 0 saturated carbocycles. The van der Waals surface area contributed by atoms with Gasteiger partial charge in [0.1, 0.15) is 12.4 Å². The lowest BCUT2D eigenvalue weighted by Crippen LogP contribution is -2.32. The third-order valence-electron chi connectivity index (χ3n) is 4.54. The average molecular weight is 470 g/mol. The molecular formula is C24H21Cl2N3O3. The van der Waals surface area contributed by atoms with Gasteiger partial charge in [-0.2, -0.15) is 5.10 Å². The van der Waals surface area contributed by atoms with Gasteiger partial charge in [0, 0.05) is 26.9 Å². The smallest absolute Gasteiger partial charge is 0.329 e. The molecule has 2 N–H and O–H groups in total. The van der Waals surface area contributed by atoms with E-state index in [2.05, 4.69) is 15.8 Å². The molecule has 8 heteroatoms. The number of halogens is 2. The quantitative estimate of drug-likeness (QED) is 0.282. The number of para-hydroxylation sites is 2. The van der Waals surface area contributed by atoms with Crippen LogP contribution in [-0.2, 0) is 22.6 Å². The molecule has 0 aromatic heterocycles. The summed E-state index contributed by atoms with van der Waals surface area (Å²) in [5, 5.41) is 7.53. The summed E-state index contributed by atoms with van der Waals surface area (Å²) in [6.45, 7) is 2.20. The number of nitrogens with one attached hydrogen (secondary N) is 2. The third-order valence-corrected chi connectivity index (χ3v) is 5.13. The first-order valence-electron chi connectivity index (χ1n) is 9.86. The van der Waals surface area contributed by atoms with E-state index in [1.165, 1.54) is 6.21 Å². The summed E-state index contributed by atoms with van der Waals surface area (Å²) >= 11 is 12.1. The van der Waals surface area contributed by atoms with Crippen LogP contribution in [-0.4, -0.2) is 18.0 Å². The molecule has 3 aromatic rings. The van der Waals surface area contributed by atoms with Gasteiger partial charge in [-0.05, 0) is 42.3 Å². The number of aryl methyl sites for hydroxylation is 1. The Balaban J connectivity index is 1.60. The van der Waals surface area contributed by atoms with Crippen molar-refractivity contribution in [3.8, 4) is 5.75 Å². The van der Waals surface area contributed by atoms with E-state index in [1.807, 2.05) is 25.1 Å². The van der Waals surface area contributed by atoms with E-state index in [-0.39, 0.29) is 6.61 Å². The maximum absolute atomic E-state index is 12.2. The van der Waals surface area contributed by atoms with Gasteiger partial charge in [0.2, 0.25) is 0 Å². The molecular weight excluding hydrogens is 449 g/mol. The van der Waals surface area contributed by atoms with Crippen molar-refractivity contribution in [1.29, 1.82) is 0 Å². The van der Waals surface area contributed by atoms with Gasteiger partial charge in [0.15, 0.2) is 0 Å². The standard InChI is InChI=1S/C24H21Cl2N3O3/c1-2-16-7-3-5-9-21(16)28-23(30)24(31)29-27-14-17-8-4-6-10-22(17)32-15-18-11-12-19(25)13-20(18)26/h3-14H,2,15H2,1H3,(H,28,30)(H,29,31)/b27-14-. The Morgan fingerprint density at radius 2 is 1.72 bits per heavy atom. The maximum Gasteiger partial charge on any atom is 0.329 e. The van der Waals surface area contributed by atoms with Gasteiger partial charge in [0.25, 0.3) is 0 Å². The summed E-state index contributed by atoms with van der Waals surface area (Å²) < 4.78 is 5.84. The van der Waals surface area contributed by atoms with Crippen LogP contribution in [0.15, 0.2) is 71.8 Å². The van der Waals surface area contributed by atoms with Gasteiger partial charge >= 0.3 is 11.8 Å². The molecule has 2 amide bonds. The van der Waals surface area contributed by atoms with Crippen molar-refractivity contribution in [2.75, 3.05) is 5.32 Å². The Bertz CT molecular complexity index is 1150. The number of hydrogen-bond donors (Lipinski definition) is 2. The van der Waals surface area contributed by atoms with E-state index >= 15 is 0 Å². The van der Waals surface area contributed by atoms with Crippen molar-refractivity contribution in [2.24, 2.45) is 5.10 Å². The number of benzene rings is 3. The Kier molecular flexibility index (Phi) is 8.25. The molecule has 0 aliphatic carbocycles. The molecule has 0 unspecified atom stereocenters. The zero-order chi connectivity index (χ0) is 22.9. The van der Waals surface area contributed by atoms with Crippen molar-refractivity contribution in [3.05, 3.63) is 93.5 Å². The first kappa shape index (κ1) is 23.3. The van der Waals surface area contributed by atoms with Gasteiger partial charge in [-0.3, -0.25) is 9.59 Å². The van der Waals surface area contributed by atoms with Crippen LogP contribution in [0, 0.1) is 0 Å². The SMILES string of the molecule is CCc1ccccc1NC(=O)C(=O)N/N=C\c1ccccc1OCc1ccc(Cl)cc1Cl. The number of carbonyl (C=O) groups is 2. The number of ether oxygens (including phenoxy) is 1. The second-order valence-electron chi connectivity index (χ2n) is 6.73. The molecule has 0 aliphatic rings. The van der Waals surface area contributed by atoms with Crippen LogP contribution in [0.4, 0.5) is 5.69 Å². The minimum Gasteiger partial charge on any atom is -0.488 e. The minimum absolute atomic E-state index is 0.229. The normalized spacial score (nSPS) is 10.7. The lowest BCUT2D eigenvalue weighted by Gasteiger charge is -2.10. The summed E-state index contributed by atoms with van der Waals surface area (Å²) in [6, 6.07) is 19.6. The number of hydrogen-bond acceptors (Lipinski definition) is 4. The number of anilines is 1. The Labute approximate surface area is 196 Å². The van der Waals surface area contributed by atoms with Crippen LogP contribution in [0.2, 0.25) is 10.0 Å². The van der Waals surface area contributed by atoms with E-state index < -0.39 is 11.8 Å². The summed E-state index contributed by atoms with van der Waals surface area (Å²) in [5.41, 5.74) is 5.16. The van der Waals surface area contributed by atoms with Gasteiger partial charge < -0.3 is 10.1 Å². The van der Waals surface area contributed by atoms with Crippen LogP contribution < -0.4 is 15.5 Å². The average Bonchev–Trinajstić information content (AvgIpc) is 2.79. The van der Waals surface area contributed by atoms with Gasteiger partial charge in [-0.25, -0.2) is 5.43 Å². The fraction of sp³-hybridized carbons (Fsp3) is 0.125. The molecule has 0 spiro atoms. The predicted molar refractivity (Wildman–Crippen MR) is 127 cm³/mol. The van der Waals surface area contributed by atoms with Crippen molar-refractivity contribution < 1.29 is 14.3 Å². The molecule has 0 saturated heterocycles. The second kappa shape index (κ2) is 11.3. The Hall–Kier alpha value is -3.35. The summed E-state index contributed by atoms with van der Waals surface area (Å²) in [4.78, 5) is 24.3. The summed E-state index contributed by atoms with van der Waals surface area (Å²) in [6.07, 6.45) is 2.14. The Morgan fingerprint density at radius 1 is 0.969 bits per heavy atom. The molecule has 0 fully saturated rings. The highest BCUT2D eigenvalue weighted by Gasteiger charge is 2.14. The number of rotatable bonds is 7. The molecule has 0 heterocycles. The highest BCUT2D eigenvalue weighted by atomic mass is 35.5. The maximum atomic E-state index is 12.2. The van der Waals surface area contributed by atoms with Gasteiger partial charge in [-0.1, -0.05) is 66.5 Å². The molecule has 0 radical (unpaired) electrons. The van der Waals surface area contributed by atoms with Gasteiger partial charge in [0.05, 0.1) is 6.21 Å². The van der Waals surface area contributed by atoms with E-state index in [9.17, 15) is 9.59 Å². The number of hydrazone groups is 1. The summed E-state index contributed by atoms with van der Waals surface area (Å²) in [5.74, 6) is -1.14. The monoisotopic (exact) mass is 469 g/mol. The number of nitrogens with zero attached hydrogens (tertiary/aromatic N) is 1.